The van der Waals surface area contributed by atoms with E-state index in [4.69, 9.17) is 20.8 Å². The van der Waals surface area contributed by atoms with Crippen molar-refractivity contribution in [1.29, 1.82) is 0 Å². The van der Waals surface area contributed by atoms with Crippen LogP contribution in [0.15, 0.2) is 45.9 Å². The maximum Gasteiger partial charge on any atom is 0.374 e. The lowest BCUT2D eigenvalue weighted by atomic mass is 10.3. The number of nitrogens with one attached hydrogen (secondary N) is 1. The minimum absolute atomic E-state index is 0.00443. The Balaban J connectivity index is 2.01. The third kappa shape index (κ3) is 4.57. The van der Waals surface area contributed by atoms with Crippen molar-refractivity contribution in [3.63, 3.8) is 0 Å². The molecule has 23 heavy (non-hydrogen) atoms. The molecule has 1 aromatic heterocycles. The molecule has 0 radical (unpaired) electrons. The van der Waals surface area contributed by atoms with E-state index >= 15 is 0 Å². The zero-order valence-corrected chi connectivity index (χ0v) is 13.5. The third-order valence-corrected chi connectivity index (χ3v) is 4.14. The number of esters is 1. The van der Waals surface area contributed by atoms with E-state index < -0.39 is 28.3 Å². The van der Waals surface area contributed by atoms with Crippen molar-refractivity contribution >= 4 is 39.0 Å². The summed E-state index contributed by atoms with van der Waals surface area (Å²) in [5, 5.41) is 2.54. The van der Waals surface area contributed by atoms with Crippen LogP contribution in [-0.2, 0) is 19.4 Å². The summed E-state index contributed by atoms with van der Waals surface area (Å²) in [5.74, 6) is -1.49. The van der Waals surface area contributed by atoms with Gasteiger partial charge in [-0.2, -0.15) is 0 Å². The van der Waals surface area contributed by atoms with Gasteiger partial charge < -0.3 is 14.5 Å². The number of carbonyl (C=O) groups excluding carboxylic acids is 2. The van der Waals surface area contributed by atoms with Crippen molar-refractivity contribution in [3.05, 3.63) is 47.4 Å². The molecule has 0 fully saturated rings. The second-order valence-electron chi connectivity index (χ2n) is 4.52. The van der Waals surface area contributed by atoms with Crippen LogP contribution in [0.5, 0.6) is 0 Å². The lowest BCUT2D eigenvalue weighted by Gasteiger charge is -2.09. The number of furan rings is 1. The van der Waals surface area contributed by atoms with Crippen LogP contribution in [0.1, 0.15) is 10.6 Å². The summed E-state index contributed by atoms with van der Waals surface area (Å²) < 4.78 is 32.6. The van der Waals surface area contributed by atoms with Gasteiger partial charge in [-0.3, -0.25) is 4.79 Å². The molecule has 9 heteroatoms. The molecule has 122 valence electrons. The van der Waals surface area contributed by atoms with E-state index in [2.05, 4.69) is 5.32 Å². The Labute approximate surface area is 137 Å². The monoisotopic (exact) mass is 357 g/mol. The van der Waals surface area contributed by atoms with Gasteiger partial charge in [0.25, 0.3) is 5.91 Å². The Bertz CT molecular complexity index is 829. The summed E-state index contributed by atoms with van der Waals surface area (Å²) in [6, 6.07) is 6.80. The van der Waals surface area contributed by atoms with Crippen LogP contribution >= 0.6 is 11.6 Å². The van der Waals surface area contributed by atoms with Crippen molar-refractivity contribution in [2.24, 2.45) is 0 Å². The van der Waals surface area contributed by atoms with E-state index in [1.165, 1.54) is 36.6 Å². The second-order valence-corrected chi connectivity index (χ2v) is 6.94. The van der Waals surface area contributed by atoms with Gasteiger partial charge in [0, 0.05) is 6.26 Å². The van der Waals surface area contributed by atoms with Gasteiger partial charge >= 0.3 is 5.97 Å². The van der Waals surface area contributed by atoms with Crippen LogP contribution < -0.4 is 5.32 Å². The first-order valence-corrected chi connectivity index (χ1v) is 8.54. The van der Waals surface area contributed by atoms with E-state index in [0.29, 0.717) is 0 Å². The van der Waals surface area contributed by atoms with Crippen LogP contribution in [-0.4, -0.2) is 33.2 Å². The maximum atomic E-state index is 11.8. The zero-order chi connectivity index (χ0) is 17.0. The zero-order valence-electron chi connectivity index (χ0n) is 11.9. The topological polar surface area (TPSA) is 103 Å². The first kappa shape index (κ1) is 17.0. The van der Waals surface area contributed by atoms with Crippen molar-refractivity contribution in [2.75, 3.05) is 18.2 Å². The molecule has 2 aromatic rings. The van der Waals surface area contributed by atoms with Crippen LogP contribution in [0.3, 0.4) is 0 Å². The summed E-state index contributed by atoms with van der Waals surface area (Å²) in [5.41, 5.74) is 0.105. The molecule has 1 heterocycles. The van der Waals surface area contributed by atoms with Gasteiger partial charge in [0.2, 0.25) is 5.76 Å². The molecule has 0 aliphatic heterocycles. The van der Waals surface area contributed by atoms with E-state index in [1.54, 1.807) is 0 Å². The number of benzene rings is 1. The standard InChI is InChI=1S/C14H12ClNO6S/c1-23(19,20)9-4-5-10(15)11(7-9)16-13(17)8-22-14(18)12-3-2-6-21-12/h2-7H,8H2,1H3,(H,16,17). The molecule has 0 aliphatic carbocycles. The predicted octanol–water partition coefficient (Wildman–Crippen LogP) is 2.13. The molecular formula is C14H12ClNO6S. The highest BCUT2D eigenvalue weighted by atomic mass is 35.5. The first-order chi connectivity index (χ1) is 10.8. The predicted molar refractivity (Wildman–Crippen MR) is 82.2 cm³/mol. The summed E-state index contributed by atoms with van der Waals surface area (Å²) in [7, 11) is -3.44. The molecule has 1 amide bonds. The number of halogens is 1. The largest absolute Gasteiger partial charge is 0.457 e. The van der Waals surface area contributed by atoms with Crippen LogP contribution in [0, 0.1) is 0 Å². The Kier molecular flexibility index (Phi) is 5.07. The fourth-order valence-corrected chi connectivity index (χ4v) is 2.43. The number of sulfone groups is 1. The van der Waals surface area contributed by atoms with Gasteiger partial charge in [0.05, 0.1) is 21.9 Å². The summed E-state index contributed by atoms with van der Waals surface area (Å²) in [6.07, 6.45) is 2.33. The lowest BCUT2D eigenvalue weighted by Crippen LogP contribution is -2.21. The molecule has 1 aromatic carbocycles. The molecule has 0 spiro atoms. The van der Waals surface area contributed by atoms with E-state index in [-0.39, 0.29) is 21.4 Å². The smallest absolute Gasteiger partial charge is 0.374 e. The third-order valence-electron chi connectivity index (χ3n) is 2.70. The fraction of sp³-hybridized carbons (Fsp3) is 0.143. The van der Waals surface area contributed by atoms with Crippen LogP contribution in [0.4, 0.5) is 5.69 Å². The highest BCUT2D eigenvalue weighted by Gasteiger charge is 2.15. The minimum Gasteiger partial charge on any atom is -0.457 e. The van der Waals surface area contributed by atoms with Crippen molar-refractivity contribution in [1.82, 2.24) is 0 Å². The Morgan fingerprint density at radius 2 is 2.04 bits per heavy atom. The average Bonchev–Trinajstić information content (AvgIpc) is 3.00. The maximum absolute atomic E-state index is 11.8. The number of carbonyl (C=O) groups is 2. The van der Waals surface area contributed by atoms with Crippen molar-refractivity contribution in [2.45, 2.75) is 4.90 Å². The molecule has 0 saturated heterocycles. The molecule has 0 bridgehead atoms. The number of hydrogen-bond donors (Lipinski definition) is 1. The van der Waals surface area contributed by atoms with E-state index in [0.717, 1.165) is 6.26 Å². The molecule has 2 rings (SSSR count). The minimum atomic E-state index is -3.44. The number of rotatable bonds is 5. The normalized spacial score (nSPS) is 11.0. The summed E-state index contributed by atoms with van der Waals surface area (Å²) in [6.45, 7) is -0.570. The van der Waals surface area contributed by atoms with Crippen LogP contribution in [0.25, 0.3) is 0 Å². The van der Waals surface area contributed by atoms with Crippen LogP contribution in [0.2, 0.25) is 5.02 Å². The Morgan fingerprint density at radius 3 is 2.65 bits per heavy atom. The number of ether oxygens (including phenoxy) is 1. The highest BCUT2D eigenvalue weighted by molar-refractivity contribution is 7.90. The van der Waals surface area contributed by atoms with Gasteiger partial charge in [0.15, 0.2) is 16.4 Å². The van der Waals surface area contributed by atoms with Gasteiger partial charge in [-0.1, -0.05) is 11.6 Å². The molecule has 0 aliphatic rings. The first-order valence-electron chi connectivity index (χ1n) is 6.27. The van der Waals surface area contributed by atoms with Gasteiger partial charge in [0.1, 0.15) is 0 Å². The fourth-order valence-electron chi connectivity index (χ4n) is 1.61. The summed E-state index contributed by atoms with van der Waals surface area (Å²) >= 11 is 5.90. The average molecular weight is 358 g/mol. The number of anilines is 1. The molecular weight excluding hydrogens is 346 g/mol. The van der Waals surface area contributed by atoms with Gasteiger partial charge in [-0.05, 0) is 30.3 Å². The number of amides is 1. The molecule has 0 atom stereocenters. The Morgan fingerprint density at radius 1 is 1.30 bits per heavy atom. The second kappa shape index (κ2) is 6.84. The molecule has 7 nitrogen and oxygen atoms in total. The van der Waals surface area contributed by atoms with Gasteiger partial charge in [-0.15, -0.1) is 0 Å². The number of hydrogen-bond acceptors (Lipinski definition) is 6. The molecule has 1 N–H and O–H groups in total. The van der Waals surface area contributed by atoms with Crippen molar-refractivity contribution < 1.29 is 27.2 Å². The SMILES string of the molecule is CS(=O)(=O)c1ccc(Cl)c(NC(=O)COC(=O)c2ccco2)c1. The van der Waals surface area contributed by atoms with E-state index in [1.807, 2.05) is 0 Å². The summed E-state index contributed by atoms with van der Waals surface area (Å²) in [4.78, 5) is 23.3. The lowest BCUT2D eigenvalue weighted by molar-refractivity contribution is -0.119. The van der Waals surface area contributed by atoms with Gasteiger partial charge in [-0.25, -0.2) is 13.2 Å². The highest BCUT2D eigenvalue weighted by Crippen LogP contribution is 2.25. The Hall–Kier alpha value is -2.32. The molecule has 0 saturated carbocycles. The van der Waals surface area contributed by atoms with Crippen molar-refractivity contribution in [3.8, 4) is 0 Å². The van der Waals surface area contributed by atoms with E-state index in [9.17, 15) is 18.0 Å². The molecule has 0 unspecified atom stereocenters. The quantitative estimate of drug-likeness (QED) is 0.822.